The lowest BCUT2D eigenvalue weighted by Crippen LogP contribution is -2.42. The third-order valence-corrected chi connectivity index (χ3v) is 6.51. The molecule has 1 aliphatic rings. The van der Waals surface area contributed by atoms with Crippen molar-refractivity contribution in [3.05, 3.63) is 65.7 Å². The number of hydrogen-bond donors (Lipinski definition) is 0. The first-order chi connectivity index (χ1) is 14.6. The van der Waals surface area contributed by atoms with Gasteiger partial charge in [0.1, 0.15) is 0 Å². The van der Waals surface area contributed by atoms with Crippen LogP contribution in [0.1, 0.15) is 30.9 Å². The molecule has 1 fully saturated rings. The average Bonchev–Trinajstić information content (AvgIpc) is 3.23. The van der Waals surface area contributed by atoms with E-state index in [1.807, 2.05) is 43.0 Å². The largest absolute Gasteiger partial charge is 0.411 e. The second-order valence-electron chi connectivity index (χ2n) is 7.96. The van der Waals surface area contributed by atoms with Gasteiger partial charge in [0.25, 0.3) is 5.22 Å². The quantitative estimate of drug-likeness (QED) is 0.524. The Hall–Kier alpha value is -2.60. The Morgan fingerprint density at radius 2 is 1.90 bits per heavy atom. The molecule has 1 aliphatic heterocycles. The van der Waals surface area contributed by atoms with Gasteiger partial charge in [-0.05, 0) is 56.7 Å². The van der Waals surface area contributed by atoms with E-state index in [1.165, 1.54) is 17.3 Å². The van der Waals surface area contributed by atoms with Crippen LogP contribution in [-0.2, 0) is 11.2 Å². The molecule has 0 radical (unpaired) electrons. The Morgan fingerprint density at radius 3 is 2.63 bits per heavy atom. The summed E-state index contributed by atoms with van der Waals surface area (Å²) in [4.78, 5) is 14.9. The Bertz CT molecular complexity index is 981. The van der Waals surface area contributed by atoms with Gasteiger partial charge in [-0.3, -0.25) is 4.79 Å². The van der Waals surface area contributed by atoms with Crippen molar-refractivity contribution in [3.8, 4) is 11.5 Å². The van der Waals surface area contributed by atoms with E-state index in [-0.39, 0.29) is 11.2 Å². The predicted molar refractivity (Wildman–Crippen MR) is 119 cm³/mol. The zero-order chi connectivity index (χ0) is 20.9. The number of rotatable bonds is 6. The summed E-state index contributed by atoms with van der Waals surface area (Å²) >= 11 is 1.34. The minimum atomic E-state index is -0.249. The van der Waals surface area contributed by atoms with Gasteiger partial charge in [-0.15, -0.1) is 10.2 Å². The zero-order valence-corrected chi connectivity index (χ0v) is 18.3. The molecule has 1 aromatic heterocycles. The normalized spacial score (nSPS) is 15.9. The molecule has 6 heteroatoms. The lowest BCUT2D eigenvalue weighted by Gasteiger charge is -2.33. The SMILES string of the molecule is Cc1cccc(-c2nnc(SC(C)C(=O)N3CCC(Cc4ccccc4)CC3)o2)c1. The molecule has 0 N–H and O–H groups in total. The number of likely N-dealkylation sites (tertiary alicyclic amines) is 1. The molecular formula is C24H27N3O2S. The highest BCUT2D eigenvalue weighted by Crippen LogP contribution is 2.29. The van der Waals surface area contributed by atoms with Gasteiger partial charge in [0.05, 0.1) is 5.25 Å². The monoisotopic (exact) mass is 421 g/mol. The van der Waals surface area contributed by atoms with Crippen LogP contribution < -0.4 is 0 Å². The molecule has 156 valence electrons. The van der Waals surface area contributed by atoms with Crippen LogP contribution in [0.15, 0.2) is 64.2 Å². The first-order valence-corrected chi connectivity index (χ1v) is 11.4. The van der Waals surface area contributed by atoms with E-state index in [1.54, 1.807) is 0 Å². The van der Waals surface area contributed by atoms with Crippen molar-refractivity contribution in [2.24, 2.45) is 5.92 Å². The van der Waals surface area contributed by atoms with E-state index in [4.69, 9.17) is 4.42 Å². The summed E-state index contributed by atoms with van der Waals surface area (Å²) in [7, 11) is 0. The van der Waals surface area contributed by atoms with Crippen LogP contribution >= 0.6 is 11.8 Å². The average molecular weight is 422 g/mol. The van der Waals surface area contributed by atoms with Crippen molar-refractivity contribution in [1.82, 2.24) is 15.1 Å². The Kier molecular flexibility index (Phi) is 6.53. The molecule has 1 unspecified atom stereocenters. The molecule has 2 aromatic carbocycles. The van der Waals surface area contributed by atoms with Crippen molar-refractivity contribution in [1.29, 1.82) is 0 Å². The van der Waals surface area contributed by atoms with Crippen molar-refractivity contribution in [3.63, 3.8) is 0 Å². The molecule has 4 rings (SSSR count). The number of nitrogens with zero attached hydrogens (tertiary/aromatic N) is 3. The van der Waals surface area contributed by atoms with Crippen molar-refractivity contribution in [2.75, 3.05) is 13.1 Å². The van der Waals surface area contributed by atoms with Gasteiger partial charge in [-0.25, -0.2) is 0 Å². The van der Waals surface area contributed by atoms with E-state index in [2.05, 4.69) is 40.5 Å². The minimum Gasteiger partial charge on any atom is -0.411 e. The fourth-order valence-electron chi connectivity index (χ4n) is 3.92. The second kappa shape index (κ2) is 9.47. The smallest absolute Gasteiger partial charge is 0.277 e. The standard InChI is InChI=1S/C24H27N3O2S/c1-17-7-6-10-21(15-17)22-25-26-24(29-22)30-18(2)23(28)27-13-11-20(12-14-27)16-19-8-4-3-5-9-19/h3-10,15,18,20H,11-14,16H2,1-2H3. The number of carbonyl (C=O) groups is 1. The molecule has 1 saturated heterocycles. The fraction of sp³-hybridized carbons (Fsp3) is 0.375. The molecule has 0 bridgehead atoms. The van der Waals surface area contributed by atoms with Crippen molar-refractivity contribution in [2.45, 2.75) is 43.6 Å². The van der Waals surface area contributed by atoms with E-state index in [0.717, 1.165) is 43.5 Å². The maximum atomic E-state index is 12.9. The summed E-state index contributed by atoms with van der Waals surface area (Å²) in [6, 6.07) is 18.6. The molecule has 1 atom stereocenters. The molecule has 30 heavy (non-hydrogen) atoms. The van der Waals surface area contributed by atoms with Crippen molar-refractivity contribution < 1.29 is 9.21 Å². The number of aryl methyl sites for hydroxylation is 1. The fourth-order valence-corrected chi connectivity index (χ4v) is 4.68. The van der Waals surface area contributed by atoms with Crippen LogP contribution in [0.2, 0.25) is 0 Å². The number of carbonyl (C=O) groups excluding carboxylic acids is 1. The molecule has 1 amide bonds. The van der Waals surface area contributed by atoms with Crippen LogP contribution in [0.4, 0.5) is 0 Å². The zero-order valence-electron chi connectivity index (χ0n) is 17.5. The van der Waals surface area contributed by atoms with Crippen LogP contribution in [0.5, 0.6) is 0 Å². The Labute approximate surface area is 181 Å². The maximum absolute atomic E-state index is 12.9. The lowest BCUT2D eigenvalue weighted by atomic mass is 9.90. The van der Waals surface area contributed by atoms with Crippen LogP contribution in [0.3, 0.4) is 0 Å². The number of aromatic nitrogens is 2. The highest BCUT2D eigenvalue weighted by molar-refractivity contribution is 8.00. The summed E-state index contributed by atoms with van der Waals surface area (Å²) in [5.41, 5.74) is 3.42. The van der Waals surface area contributed by atoms with Gasteiger partial charge < -0.3 is 9.32 Å². The highest BCUT2D eigenvalue weighted by Gasteiger charge is 2.27. The summed E-state index contributed by atoms with van der Waals surface area (Å²) in [5.74, 6) is 1.28. The third-order valence-electron chi connectivity index (χ3n) is 5.59. The molecule has 3 aromatic rings. The first kappa shape index (κ1) is 20.7. The highest BCUT2D eigenvalue weighted by atomic mass is 32.2. The van der Waals surface area contributed by atoms with Gasteiger partial charge in [0, 0.05) is 18.7 Å². The Morgan fingerprint density at radius 1 is 1.13 bits per heavy atom. The molecule has 0 spiro atoms. The number of piperidine rings is 1. The van der Waals surface area contributed by atoms with Gasteiger partial charge in [-0.2, -0.15) is 0 Å². The van der Waals surface area contributed by atoms with E-state index in [0.29, 0.717) is 17.0 Å². The second-order valence-corrected chi connectivity index (χ2v) is 9.25. The Balaban J connectivity index is 1.29. The van der Waals surface area contributed by atoms with E-state index in [9.17, 15) is 4.79 Å². The van der Waals surface area contributed by atoms with E-state index < -0.39 is 0 Å². The van der Waals surface area contributed by atoms with Crippen molar-refractivity contribution >= 4 is 17.7 Å². The summed E-state index contributed by atoms with van der Waals surface area (Å²) in [5, 5.41) is 8.45. The van der Waals surface area contributed by atoms with Gasteiger partial charge in [-0.1, -0.05) is 59.8 Å². The van der Waals surface area contributed by atoms with Gasteiger partial charge >= 0.3 is 0 Å². The number of hydrogen-bond acceptors (Lipinski definition) is 5. The van der Waals surface area contributed by atoms with Gasteiger partial charge in [0.2, 0.25) is 11.8 Å². The first-order valence-electron chi connectivity index (χ1n) is 10.5. The maximum Gasteiger partial charge on any atom is 0.277 e. The molecular weight excluding hydrogens is 394 g/mol. The summed E-state index contributed by atoms with van der Waals surface area (Å²) < 4.78 is 5.79. The minimum absolute atomic E-state index is 0.147. The topological polar surface area (TPSA) is 59.2 Å². The summed E-state index contributed by atoms with van der Waals surface area (Å²) in [6.45, 7) is 5.58. The summed E-state index contributed by atoms with van der Waals surface area (Å²) in [6.07, 6.45) is 3.20. The number of benzene rings is 2. The third kappa shape index (κ3) is 5.11. The molecule has 0 aliphatic carbocycles. The van der Waals surface area contributed by atoms with Crippen LogP contribution in [-0.4, -0.2) is 39.3 Å². The van der Waals surface area contributed by atoms with Gasteiger partial charge in [0.15, 0.2) is 0 Å². The molecule has 2 heterocycles. The van der Waals surface area contributed by atoms with Crippen LogP contribution in [0.25, 0.3) is 11.5 Å². The van der Waals surface area contributed by atoms with Crippen LogP contribution in [0, 0.1) is 12.8 Å². The van der Waals surface area contributed by atoms with E-state index >= 15 is 0 Å². The number of amides is 1. The molecule has 0 saturated carbocycles. The lowest BCUT2D eigenvalue weighted by molar-refractivity contribution is -0.131. The molecule has 5 nitrogen and oxygen atoms in total. The predicted octanol–water partition coefficient (Wildman–Crippen LogP) is 5.01. The number of thioether (sulfide) groups is 1.